The van der Waals surface area contributed by atoms with Crippen LogP contribution in [0.2, 0.25) is 0 Å². The van der Waals surface area contributed by atoms with Crippen molar-refractivity contribution in [1.29, 1.82) is 0 Å². The van der Waals surface area contributed by atoms with Crippen molar-refractivity contribution in [3.63, 3.8) is 0 Å². The number of ether oxygens (including phenoxy) is 2. The molecule has 1 aromatic heterocycles. The number of carbonyl (C=O) groups is 2. The van der Waals surface area contributed by atoms with E-state index in [1.54, 1.807) is 42.0 Å². The Kier molecular flexibility index (Phi) is 9.04. The summed E-state index contributed by atoms with van der Waals surface area (Å²) in [6.07, 6.45) is 1.29. The number of para-hydroxylation sites is 1. The van der Waals surface area contributed by atoms with E-state index in [-0.39, 0.29) is 18.4 Å². The fraction of sp³-hybridized carbons (Fsp3) is 0.355. The number of hydrogen-bond acceptors (Lipinski definition) is 6. The molecule has 4 rings (SSSR count). The SMILES string of the molecule is CCC(C)(C)NC(=O)[C@@H](c1ccc(OC)c(OC)c1)N(CCc1ccccc1)C(=O)Cn1nnc2ccccc21. The van der Waals surface area contributed by atoms with Crippen molar-refractivity contribution in [3.8, 4) is 11.5 Å². The van der Waals surface area contributed by atoms with Gasteiger partial charge in [-0.05, 0) is 62.1 Å². The van der Waals surface area contributed by atoms with Gasteiger partial charge in [0.25, 0.3) is 0 Å². The number of nitrogens with zero attached hydrogens (tertiary/aromatic N) is 4. The largest absolute Gasteiger partial charge is 0.493 e. The molecule has 2 amide bonds. The molecule has 3 aromatic carbocycles. The van der Waals surface area contributed by atoms with Crippen LogP contribution in [-0.2, 0) is 22.6 Å². The van der Waals surface area contributed by atoms with Crippen molar-refractivity contribution in [1.82, 2.24) is 25.2 Å². The fourth-order valence-electron chi connectivity index (χ4n) is 4.53. The van der Waals surface area contributed by atoms with Gasteiger partial charge in [-0.1, -0.05) is 60.7 Å². The van der Waals surface area contributed by atoms with Gasteiger partial charge < -0.3 is 19.7 Å². The zero-order valence-corrected chi connectivity index (χ0v) is 23.8. The molecule has 1 heterocycles. The Hall–Kier alpha value is -4.40. The van der Waals surface area contributed by atoms with Gasteiger partial charge in [0.2, 0.25) is 11.8 Å². The second-order valence-electron chi connectivity index (χ2n) is 10.3. The minimum atomic E-state index is -0.920. The Morgan fingerprint density at radius 2 is 1.68 bits per heavy atom. The predicted molar refractivity (Wildman–Crippen MR) is 154 cm³/mol. The molecule has 0 saturated heterocycles. The van der Waals surface area contributed by atoms with Crippen LogP contribution in [-0.4, -0.2) is 58.0 Å². The van der Waals surface area contributed by atoms with E-state index < -0.39 is 11.6 Å². The molecule has 0 aliphatic heterocycles. The van der Waals surface area contributed by atoms with E-state index >= 15 is 0 Å². The zero-order valence-electron chi connectivity index (χ0n) is 23.8. The molecule has 1 N–H and O–H groups in total. The molecule has 9 nitrogen and oxygen atoms in total. The Bertz CT molecular complexity index is 1450. The van der Waals surface area contributed by atoms with Gasteiger partial charge in [0, 0.05) is 12.1 Å². The van der Waals surface area contributed by atoms with E-state index in [9.17, 15) is 9.59 Å². The predicted octanol–water partition coefficient (Wildman–Crippen LogP) is 4.57. The number of methoxy groups -OCH3 is 2. The first kappa shape index (κ1) is 28.6. The van der Waals surface area contributed by atoms with Gasteiger partial charge in [-0.3, -0.25) is 9.59 Å². The molecule has 4 aromatic rings. The Labute approximate surface area is 235 Å². The molecular formula is C31H37N5O4. The second-order valence-corrected chi connectivity index (χ2v) is 10.3. The lowest BCUT2D eigenvalue weighted by Gasteiger charge is -2.35. The molecule has 0 aliphatic carbocycles. The quantitative estimate of drug-likeness (QED) is 0.281. The molecule has 0 fully saturated rings. The Morgan fingerprint density at radius 3 is 2.38 bits per heavy atom. The van der Waals surface area contributed by atoms with Crippen molar-refractivity contribution in [2.45, 2.75) is 51.7 Å². The Morgan fingerprint density at radius 1 is 0.975 bits per heavy atom. The highest BCUT2D eigenvalue weighted by atomic mass is 16.5. The van der Waals surface area contributed by atoms with E-state index in [1.165, 1.54) is 0 Å². The smallest absolute Gasteiger partial charge is 0.247 e. The lowest BCUT2D eigenvalue weighted by Crippen LogP contribution is -2.51. The number of amides is 2. The van der Waals surface area contributed by atoms with Crippen LogP contribution >= 0.6 is 0 Å². The van der Waals surface area contributed by atoms with Crippen molar-refractivity contribution in [3.05, 3.63) is 83.9 Å². The average molecular weight is 544 g/mol. The van der Waals surface area contributed by atoms with Gasteiger partial charge in [-0.25, -0.2) is 4.68 Å². The highest BCUT2D eigenvalue weighted by Crippen LogP contribution is 2.33. The van der Waals surface area contributed by atoms with E-state index in [0.717, 1.165) is 17.5 Å². The fourth-order valence-corrected chi connectivity index (χ4v) is 4.53. The van der Waals surface area contributed by atoms with Gasteiger partial charge in [0.15, 0.2) is 11.5 Å². The Balaban J connectivity index is 1.77. The van der Waals surface area contributed by atoms with Crippen molar-refractivity contribution in [2.75, 3.05) is 20.8 Å². The molecule has 0 saturated carbocycles. The summed E-state index contributed by atoms with van der Waals surface area (Å²) in [6.45, 7) is 6.19. The van der Waals surface area contributed by atoms with Crippen LogP contribution in [0.5, 0.6) is 11.5 Å². The van der Waals surface area contributed by atoms with Crippen molar-refractivity contribution in [2.24, 2.45) is 0 Å². The van der Waals surface area contributed by atoms with E-state index in [1.807, 2.05) is 75.4 Å². The molecule has 0 spiro atoms. The lowest BCUT2D eigenvalue weighted by molar-refractivity contribution is -0.142. The summed E-state index contributed by atoms with van der Waals surface area (Å²) < 4.78 is 12.6. The standard InChI is InChI=1S/C31H37N5O4/c1-6-31(2,3)32-30(38)29(23-16-17-26(39-4)27(20-23)40-5)35(19-18-22-12-8-7-9-13-22)28(37)21-36-25-15-11-10-14-24(25)33-34-36/h7-17,20,29H,6,18-19,21H2,1-5H3,(H,32,38)/t29-/m1/s1. The molecule has 0 radical (unpaired) electrons. The monoisotopic (exact) mass is 543 g/mol. The third-order valence-electron chi connectivity index (χ3n) is 7.14. The van der Waals surface area contributed by atoms with Gasteiger partial charge in [0.1, 0.15) is 18.1 Å². The van der Waals surface area contributed by atoms with Gasteiger partial charge in [-0.2, -0.15) is 0 Å². The average Bonchev–Trinajstić information content (AvgIpc) is 3.37. The zero-order chi connectivity index (χ0) is 28.7. The summed E-state index contributed by atoms with van der Waals surface area (Å²) in [4.78, 5) is 29.8. The summed E-state index contributed by atoms with van der Waals surface area (Å²) in [5.41, 5.74) is 2.66. The highest BCUT2D eigenvalue weighted by molar-refractivity contribution is 5.89. The number of carbonyl (C=O) groups excluding carboxylic acids is 2. The van der Waals surface area contributed by atoms with Gasteiger partial charge in [0.05, 0.1) is 19.7 Å². The van der Waals surface area contributed by atoms with E-state index in [0.29, 0.717) is 35.5 Å². The molecule has 40 heavy (non-hydrogen) atoms. The van der Waals surface area contributed by atoms with E-state index in [4.69, 9.17) is 9.47 Å². The van der Waals surface area contributed by atoms with Gasteiger partial charge in [-0.15, -0.1) is 5.10 Å². The number of nitrogens with one attached hydrogen (secondary N) is 1. The molecule has 0 bridgehead atoms. The van der Waals surface area contributed by atoms with Crippen LogP contribution in [0.3, 0.4) is 0 Å². The third kappa shape index (κ3) is 6.59. The summed E-state index contributed by atoms with van der Waals surface area (Å²) in [5.74, 6) is 0.487. The molecule has 0 unspecified atom stereocenters. The van der Waals surface area contributed by atoms with Crippen LogP contribution < -0.4 is 14.8 Å². The molecule has 0 aliphatic rings. The molecule has 210 valence electrons. The number of fused-ring (bicyclic) bond motifs is 1. The number of rotatable bonds is 12. The second kappa shape index (κ2) is 12.6. The summed E-state index contributed by atoms with van der Waals surface area (Å²) in [7, 11) is 3.11. The molecule has 1 atom stereocenters. The minimum Gasteiger partial charge on any atom is -0.493 e. The first-order valence-corrected chi connectivity index (χ1v) is 13.4. The van der Waals surface area contributed by atoms with Crippen LogP contribution in [0.1, 0.15) is 44.4 Å². The topological polar surface area (TPSA) is 98.6 Å². The maximum Gasteiger partial charge on any atom is 0.247 e. The minimum absolute atomic E-state index is 0.0659. The third-order valence-corrected chi connectivity index (χ3v) is 7.14. The first-order valence-electron chi connectivity index (χ1n) is 13.4. The molecule has 9 heteroatoms. The number of aromatic nitrogens is 3. The van der Waals surface area contributed by atoms with Crippen molar-refractivity contribution >= 4 is 22.8 Å². The van der Waals surface area contributed by atoms with E-state index in [2.05, 4.69) is 15.6 Å². The molecular weight excluding hydrogens is 506 g/mol. The first-order chi connectivity index (χ1) is 19.3. The normalized spacial score (nSPS) is 12.1. The highest BCUT2D eigenvalue weighted by Gasteiger charge is 2.34. The summed E-state index contributed by atoms with van der Waals surface area (Å²) in [6, 6.07) is 21.8. The maximum atomic E-state index is 14.1. The van der Waals surface area contributed by atoms with Gasteiger partial charge >= 0.3 is 0 Å². The van der Waals surface area contributed by atoms with Crippen molar-refractivity contribution < 1.29 is 19.1 Å². The number of benzene rings is 3. The summed E-state index contributed by atoms with van der Waals surface area (Å²) in [5, 5.41) is 11.6. The van der Waals surface area contributed by atoms with Crippen LogP contribution in [0.25, 0.3) is 11.0 Å². The van der Waals surface area contributed by atoms with Crippen LogP contribution in [0.15, 0.2) is 72.8 Å². The van der Waals surface area contributed by atoms with Crippen LogP contribution in [0.4, 0.5) is 0 Å². The maximum absolute atomic E-state index is 14.1. The lowest BCUT2D eigenvalue weighted by atomic mass is 9.98. The van der Waals surface area contributed by atoms with Crippen LogP contribution in [0, 0.1) is 0 Å². The number of hydrogen-bond donors (Lipinski definition) is 1. The summed E-state index contributed by atoms with van der Waals surface area (Å²) >= 11 is 0.